The van der Waals surface area contributed by atoms with E-state index in [1.54, 1.807) is 29.2 Å². The Morgan fingerprint density at radius 1 is 1.09 bits per heavy atom. The predicted molar refractivity (Wildman–Crippen MR) is 117 cm³/mol. The maximum Gasteiger partial charge on any atom is 0.286 e. The van der Waals surface area contributed by atoms with Crippen LogP contribution in [-0.2, 0) is 11.2 Å². The van der Waals surface area contributed by atoms with Crippen molar-refractivity contribution in [3.63, 3.8) is 0 Å². The van der Waals surface area contributed by atoms with E-state index in [2.05, 4.69) is 5.32 Å². The van der Waals surface area contributed by atoms with Gasteiger partial charge in [0.15, 0.2) is 18.2 Å². The Labute approximate surface area is 188 Å². The summed E-state index contributed by atoms with van der Waals surface area (Å²) in [5, 5.41) is 1.57. The summed E-state index contributed by atoms with van der Waals surface area (Å²) >= 11 is 1.01. The zero-order chi connectivity index (χ0) is 22.7. The molecule has 1 atom stereocenters. The standard InChI is InChI=1S/C22H22N2O7S/c1-28-17-10-15-16(11-18(17)29-2)31-12-24(21(15)26)7-8-30-14-5-3-13(4-6-14)9-19-20(25)23-22(27)32-19/h3-6,10-11,19H,7-9,12H2,1-2H3,(H,23,25,27). The number of nitrogens with zero attached hydrogens (tertiary/aromatic N) is 1. The van der Waals surface area contributed by atoms with Crippen molar-refractivity contribution in [2.45, 2.75) is 11.7 Å². The average molecular weight is 458 g/mol. The maximum absolute atomic E-state index is 12.8. The number of benzene rings is 2. The zero-order valence-electron chi connectivity index (χ0n) is 17.6. The van der Waals surface area contributed by atoms with Crippen molar-refractivity contribution in [3.8, 4) is 23.0 Å². The molecule has 32 heavy (non-hydrogen) atoms. The van der Waals surface area contributed by atoms with Crippen LogP contribution in [-0.4, -0.2) is 61.3 Å². The summed E-state index contributed by atoms with van der Waals surface area (Å²) in [6.07, 6.45) is 0.468. The van der Waals surface area contributed by atoms with Gasteiger partial charge in [-0.05, 0) is 24.1 Å². The summed E-state index contributed by atoms with van der Waals surface area (Å²) in [5.74, 6) is 1.62. The molecule has 0 bridgehead atoms. The second-order valence-electron chi connectivity index (χ2n) is 7.13. The van der Waals surface area contributed by atoms with Crippen molar-refractivity contribution in [1.29, 1.82) is 0 Å². The number of ether oxygens (including phenoxy) is 4. The van der Waals surface area contributed by atoms with E-state index in [1.807, 2.05) is 12.1 Å². The molecule has 2 aliphatic rings. The quantitative estimate of drug-likeness (QED) is 0.644. The first-order valence-electron chi connectivity index (χ1n) is 9.90. The van der Waals surface area contributed by atoms with Crippen LogP contribution >= 0.6 is 11.8 Å². The van der Waals surface area contributed by atoms with E-state index in [4.69, 9.17) is 18.9 Å². The molecule has 2 aromatic rings. The summed E-state index contributed by atoms with van der Waals surface area (Å²) in [5.41, 5.74) is 1.34. The van der Waals surface area contributed by atoms with Crippen molar-refractivity contribution in [2.24, 2.45) is 0 Å². The third-order valence-corrected chi connectivity index (χ3v) is 6.10. The molecule has 4 rings (SSSR count). The minimum absolute atomic E-state index is 0.115. The lowest BCUT2D eigenvalue weighted by Crippen LogP contribution is -2.41. The molecule has 1 N–H and O–H groups in total. The number of carbonyl (C=O) groups is 3. The van der Waals surface area contributed by atoms with Crippen LogP contribution in [0.25, 0.3) is 0 Å². The Morgan fingerprint density at radius 3 is 2.47 bits per heavy atom. The molecule has 2 aliphatic heterocycles. The Hall–Kier alpha value is -3.40. The molecule has 2 heterocycles. The fourth-order valence-corrected chi connectivity index (χ4v) is 4.29. The van der Waals surface area contributed by atoms with Crippen molar-refractivity contribution in [2.75, 3.05) is 34.1 Å². The number of hydrogen-bond donors (Lipinski definition) is 1. The molecule has 1 fully saturated rings. The molecule has 1 saturated heterocycles. The van der Waals surface area contributed by atoms with Crippen LogP contribution in [0.5, 0.6) is 23.0 Å². The Kier molecular flexibility index (Phi) is 6.40. The highest BCUT2D eigenvalue weighted by Crippen LogP contribution is 2.37. The number of imide groups is 1. The molecule has 1 unspecified atom stereocenters. The van der Waals surface area contributed by atoms with Gasteiger partial charge in [-0.1, -0.05) is 23.9 Å². The van der Waals surface area contributed by atoms with Crippen molar-refractivity contribution >= 4 is 28.8 Å². The Balaban J connectivity index is 1.31. The molecule has 0 spiro atoms. The van der Waals surface area contributed by atoms with E-state index in [-0.39, 0.29) is 30.4 Å². The first kappa shape index (κ1) is 21.8. The van der Waals surface area contributed by atoms with E-state index in [0.717, 1.165) is 17.3 Å². The zero-order valence-corrected chi connectivity index (χ0v) is 18.4. The molecular formula is C22H22N2O7S. The van der Waals surface area contributed by atoms with Crippen LogP contribution in [0.4, 0.5) is 4.79 Å². The summed E-state index contributed by atoms with van der Waals surface area (Å²) < 4.78 is 22.0. The normalized spacial score (nSPS) is 17.5. The second-order valence-corrected chi connectivity index (χ2v) is 8.30. The molecule has 0 saturated carbocycles. The second kappa shape index (κ2) is 9.39. The van der Waals surface area contributed by atoms with Gasteiger partial charge in [-0.15, -0.1) is 0 Å². The van der Waals surface area contributed by atoms with Crippen LogP contribution in [0.1, 0.15) is 15.9 Å². The van der Waals surface area contributed by atoms with Crippen molar-refractivity contribution in [1.82, 2.24) is 10.2 Å². The molecule has 0 aromatic heterocycles. The third-order valence-electron chi connectivity index (χ3n) is 5.12. The predicted octanol–water partition coefficient (Wildman–Crippen LogP) is 2.47. The number of fused-ring (bicyclic) bond motifs is 1. The van der Waals surface area contributed by atoms with Gasteiger partial charge in [-0.2, -0.15) is 0 Å². The summed E-state index contributed by atoms with van der Waals surface area (Å²) in [6, 6.07) is 10.6. The number of thioether (sulfide) groups is 1. The minimum atomic E-state index is -0.402. The van der Waals surface area contributed by atoms with Crippen molar-refractivity contribution in [3.05, 3.63) is 47.5 Å². The fraction of sp³-hybridized carbons (Fsp3) is 0.318. The minimum Gasteiger partial charge on any atom is -0.493 e. The third kappa shape index (κ3) is 4.59. The Morgan fingerprint density at radius 2 is 1.81 bits per heavy atom. The molecule has 9 nitrogen and oxygen atoms in total. The molecule has 2 aromatic carbocycles. The van der Waals surface area contributed by atoms with E-state index in [1.165, 1.54) is 14.2 Å². The van der Waals surface area contributed by atoms with Crippen LogP contribution in [0.2, 0.25) is 0 Å². The first-order chi connectivity index (χ1) is 15.5. The highest BCUT2D eigenvalue weighted by molar-refractivity contribution is 8.15. The van der Waals surface area contributed by atoms with Gasteiger partial charge >= 0.3 is 0 Å². The van der Waals surface area contributed by atoms with Gasteiger partial charge < -0.3 is 23.8 Å². The van der Waals surface area contributed by atoms with Gasteiger partial charge in [-0.25, -0.2) is 0 Å². The van der Waals surface area contributed by atoms with Crippen LogP contribution < -0.4 is 24.3 Å². The fourth-order valence-electron chi connectivity index (χ4n) is 3.43. The molecular weight excluding hydrogens is 436 g/mol. The SMILES string of the molecule is COc1cc2c(cc1OC)C(=O)N(CCOc1ccc(CC3SC(=O)NC3=O)cc1)CO2. The van der Waals surface area contributed by atoms with E-state index < -0.39 is 5.25 Å². The first-order valence-corrected chi connectivity index (χ1v) is 10.8. The number of hydrogen-bond acceptors (Lipinski definition) is 8. The number of carbonyl (C=O) groups excluding carboxylic acids is 3. The van der Waals surface area contributed by atoms with Gasteiger partial charge in [-0.3, -0.25) is 19.7 Å². The summed E-state index contributed by atoms with van der Waals surface area (Å²) in [7, 11) is 3.03. The van der Waals surface area contributed by atoms with Gasteiger partial charge in [0.05, 0.1) is 31.6 Å². The number of methoxy groups -OCH3 is 2. The number of amides is 3. The number of nitrogens with one attached hydrogen (secondary N) is 1. The smallest absolute Gasteiger partial charge is 0.286 e. The van der Waals surface area contributed by atoms with Crippen LogP contribution in [0, 0.1) is 0 Å². The topological polar surface area (TPSA) is 103 Å². The maximum atomic E-state index is 12.8. The highest BCUT2D eigenvalue weighted by Gasteiger charge is 2.31. The Bertz CT molecular complexity index is 1040. The van der Waals surface area contributed by atoms with Crippen LogP contribution in [0.15, 0.2) is 36.4 Å². The van der Waals surface area contributed by atoms with Gasteiger partial charge in [0.1, 0.15) is 18.1 Å². The van der Waals surface area contributed by atoms with E-state index >= 15 is 0 Å². The molecule has 10 heteroatoms. The molecule has 3 amide bonds. The van der Waals surface area contributed by atoms with E-state index in [0.29, 0.717) is 41.5 Å². The lowest BCUT2D eigenvalue weighted by molar-refractivity contribution is -0.118. The lowest BCUT2D eigenvalue weighted by Gasteiger charge is -2.29. The van der Waals surface area contributed by atoms with Crippen molar-refractivity contribution < 1.29 is 33.3 Å². The van der Waals surface area contributed by atoms with Crippen LogP contribution in [0.3, 0.4) is 0 Å². The molecule has 168 valence electrons. The highest BCUT2D eigenvalue weighted by atomic mass is 32.2. The monoisotopic (exact) mass is 458 g/mol. The average Bonchev–Trinajstić information content (AvgIpc) is 3.12. The van der Waals surface area contributed by atoms with Gasteiger partial charge in [0.25, 0.3) is 11.1 Å². The summed E-state index contributed by atoms with van der Waals surface area (Å²) in [4.78, 5) is 37.3. The summed E-state index contributed by atoms with van der Waals surface area (Å²) in [6.45, 7) is 0.741. The number of rotatable bonds is 8. The van der Waals surface area contributed by atoms with Gasteiger partial charge in [0.2, 0.25) is 5.91 Å². The molecule has 0 radical (unpaired) electrons. The van der Waals surface area contributed by atoms with E-state index in [9.17, 15) is 14.4 Å². The largest absolute Gasteiger partial charge is 0.493 e. The lowest BCUT2D eigenvalue weighted by atomic mass is 10.1. The van der Waals surface area contributed by atoms with Gasteiger partial charge in [0, 0.05) is 12.1 Å². The molecule has 0 aliphatic carbocycles.